The maximum Gasteiger partial charge on any atom is 0.408 e. The minimum atomic E-state index is -0.512. The molecule has 0 heterocycles. The molecule has 0 atom stereocenters. The van der Waals surface area contributed by atoms with Gasteiger partial charge in [0.2, 0.25) is 0 Å². The summed E-state index contributed by atoms with van der Waals surface area (Å²) in [5, 5.41) is 3.04. The van der Waals surface area contributed by atoms with Gasteiger partial charge in [-0.15, -0.1) is 0 Å². The molecule has 5 heteroatoms. The van der Waals surface area contributed by atoms with Crippen LogP contribution in [0.3, 0.4) is 0 Å². The van der Waals surface area contributed by atoms with Crippen molar-refractivity contribution in [2.24, 2.45) is 0 Å². The second-order valence-corrected chi connectivity index (χ2v) is 5.30. The summed E-state index contributed by atoms with van der Waals surface area (Å²) in [7, 11) is 0. The fraction of sp³-hybridized carbons (Fsp3) is 0.357. The first-order valence-corrected chi connectivity index (χ1v) is 6.16. The van der Waals surface area contributed by atoms with E-state index in [4.69, 9.17) is 22.1 Å². The van der Waals surface area contributed by atoms with Crippen LogP contribution < -0.4 is 11.1 Å². The third kappa shape index (κ3) is 6.03. The first-order chi connectivity index (χ1) is 8.78. The van der Waals surface area contributed by atoms with Gasteiger partial charge in [-0.2, -0.15) is 0 Å². The van der Waals surface area contributed by atoms with Crippen molar-refractivity contribution in [2.75, 3.05) is 12.3 Å². The molecule has 0 saturated carbocycles. The smallest absolute Gasteiger partial charge is 0.408 e. The maximum absolute atomic E-state index is 11.3. The minimum Gasteiger partial charge on any atom is -0.444 e. The molecule has 0 aromatic heterocycles. The van der Waals surface area contributed by atoms with Gasteiger partial charge >= 0.3 is 6.09 Å². The number of carbonyl (C=O) groups is 1. The highest BCUT2D eigenvalue weighted by Crippen LogP contribution is 2.18. The van der Waals surface area contributed by atoms with Crippen LogP contribution in [0.4, 0.5) is 10.5 Å². The molecule has 1 amide bonds. The lowest BCUT2D eigenvalue weighted by molar-refractivity contribution is 0.0535. The summed E-state index contributed by atoms with van der Waals surface area (Å²) in [6.07, 6.45) is -0.488. The van der Waals surface area contributed by atoms with Gasteiger partial charge in [0.15, 0.2) is 0 Å². The quantitative estimate of drug-likeness (QED) is 0.614. The Hall–Kier alpha value is -1.86. The van der Waals surface area contributed by atoms with Crippen LogP contribution in [-0.2, 0) is 4.74 Å². The Morgan fingerprint density at radius 1 is 1.47 bits per heavy atom. The monoisotopic (exact) mass is 280 g/mol. The van der Waals surface area contributed by atoms with E-state index in [2.05, 4.69) is 17.2 Å². The van der Waals surface area contributed by atoms with Crippen LogP contribution in [0, 0.1) is 11.8 Å². The number of hydrogen-bond donors (Lipinski definition) is 2. The molecular formula is C14H17ClN2O2. The van der Waals surface area contributed by atoms with E-state index in [0.717, 1.165) is 5.56 Å². The Kier molecular flexibility index (Phi) is 5.08. The van der Waals surface area contributed by atoms with Crippen LogP contribution >= 0.6 is 11.6 Å². The number of rotatable bonds is 1. The number of hydrogen-bond acceptors (Lipinski definition) is 3. The third-order valence-electron chi connectivity index (χ3n) is 1.95. The largest absolute Gasteiger partial charge is 0.444 e. The summed E-state index contributed by atoms with van der Waals surface area (Å²) in [6.45, 7) is 5.61. The second-order valence-electron chi connectivity index (χ2n) is 4.89. The molecule has 0 unspecified atom stereocenters. The van der Waals surface area contributed by atoms with E-state index in [1.54, 1.807) is 39.0 Å². The molecule has 0 aliphatic rings. The number of halogens is 1. The molecule has 19 heavy (non-hydrogen) atoms. The molecule has 0 fully saturated rings. The zero-order valence-corrected chi connectivity index (χ0v) is 12.0. The molecule has 3 N–H and O–H groups in total. The highest BCUT2D eigenvalue weighted by Gasteiger charge is 2.14. The summed E-state index contributed by atoms with van der Waals surface area (Å²) >= 11 is 5.80. The molecule has 0 bridgehead atoms. The summed E-state index contributed by atoms with van der Waals surface area (Å²) in [5.74, 6) is 5.68. The second kappa shape index (κ2) is 6.35. The highest BCUT2D eigenvalue weighted by molar-refractivity contribution is 6.33. The van der Waals surface area contributed by atoms with Gasteiger partial charge in [-0.25, -0.2) is 4.79 Å². The first kappa shape index (κ1) is 15.2. The zero-order chi connectivity index (χ0) is 14.5. The van der Waals surface area contributed by atoms with Gasteiger partial charge in [-0.3, -0.25) is 0 Å². The van der Waals surface area contributed by atoms with Gasteiger partial charge in [0, 0.05) is 5.56 Å². The predicted molar refractivity (Wildman–Crippen MR) is 77.0 cm³/mol. The molecule has 0 aliphatic heterocycles. The number of alkyl carbamates (subject to hydrolysis) is 1. The molecule has 0 radical (unpaired) electrons. The van der Waals surface area contributed by atoms with Crippen molar-refractivity contribution < 1.29 is 9.53 Å². The van der Waals surface area contributed by atoms with E-state index in [1.165, 1.54) is 0 Å². The normalized spacial score (nSPS) is 10.3. The van der Waals surface area contributed by atoms with Gasteiger partial charge in [-0.1, -0.05) is 23.4 Å². The number of ether oxygens (including phenoxy) is 1. The fourth-order valence-corrected chi connectivity index (χ4v) is 1.32. The summed E-state index contributed by atoms with van der Waals surface area (Å²) in [4.78, 5) is 11.3. The molecule has 4 nitrogen and oxygen atoms in total. The molecule has 0 aliphatic carbocycles. The van der Waals surface area contributed by atoms with Crippen molar-refractivity contribution in [1.29, 1.82) is 0 Å². The van der Waals surface area contributed by atoms with Crippen molar-refractivity contribution in [3.05, 3.63) is 28.8 Å². The van der Waals surface area contributed by atoms with Gasteiger partial charge in [0.25, 0.3) is 0 Å². The Bertz CT molecular complexity index is 524. The van der Waals surface area contributed by atoms with E-state index in [0.29, 0.717) is 10.7 Å². The predicted octanol–water partition coefficient (Wildman–Crippen LogP) is 2.80. The Labute approximate surface area is 118 Å². The fourth-order valence-electron chi connectivity index (χ4n) is 1.20. The molecule has 102 valence electrons. The van der Waals surface area contributed by atoms with Crippen LogP contribution in [0.5, 0.6) is 0 Å². The lowest BCUT2D eigenvalue weighted by Gasteiger charge is -2.18. The molecule has 1 aromatic rings. The number of nitrogens with one attached hydrogen (secondary N) is 1. The SMILES string of the molecule is CC(C)(C)OC(=O)NCC#Cc1ccc(Cl)c(N)c1. The maximum atomic E-state index is 11.3. The van der Waals surface area contributed by atoms with Crippen LogP contribution in [-0.4, -0.2) is 18.2 Å². The Morgan fingerprint density at radius 3 is 2.74 bits per heavy atom. The first-order valence-electron chi connectivity index (χ1n) is 5.79. The van der Waals surface area contributed by atoms with Crippen LogP contribution in [0.15, 0.2) is 18.2 Å². The molecule has 0 spiro atoms. The van der Waals surface area contributed by atoms with E-state index in [9.17, 15) is 4.79 Å². The standard InChI is InChI=1S/C14H17ClN2O2/c1-14(2,3)19-13(18)17-8-4-5-10-6-7-11(15)12(16)9-10/h6-7,9H,8,16H2,1-3H3,(H,17,18). The Balaban J connectivity index is 2.47. The topological polar surface area (TPSA) is 64.3 Å². The van der Waals surface area contributed by atoms with Crippen molar-refractivity contribution >= 4 is 23.4 Å². The van der Waals surface area contributed by atoms with E-state index in [-0.39, 0.29) is 6.54 Å². The zero-order valence-electron chi connectivity index (χ0n) is 11.2. The van der Waals surface area contributed by atoms with Crippen molar-refractivity contribution in [3.8, 4) is 11.8 Å². The van der Waals surface area contributed by atoms with Crippen LogP contribution in [0.1, 0.15) is 26.3 Å². The molecule has 1 aromatic carbocycles. The number of nitrogen functional groups attached to an aromatic ring is 1. The van der Waals surface area contributed by atoms with Crippen molar-refractivity contribution in [1.82, 2.24) is 5.32 Å². The summed E-state index contributed by atoms with van der Waals surface area (Å²) < 4.78 is 5.07. The van der Waals surface area contributed by atoms with Gasteiger partial charge in [-0.05, 0) is 39.0 Å². The summed E-state index contributed by atoms with van der Waals surface area (Å²) in [5.41, 5.74) is 6.36. The number of nitrogens with two attached hydrogens (primary N) is 1. The molecule has 1 rings (SSSR count). The molecular weight excluding hydrogens is 264 g/mol. The lowest BCUT2D eigenvalue weighted by Crippen LogP contribution is -2.32. The number of amides is 1. The number of anilines is 1. The average Bonchev–Trinajstić information content (AvgIpc) is 2.27. The summed E-state index contributed by atoms with van der Waals surface area (Å²) in [6, 6.07) is 5.13. The van der Waals surface area contributed by atoms with E-state index in [1.807, 2.05) is 0 Å². The number of benzene rings is 1. The molecule has 0 saturated heterocycles. The van der Waals surface area contributed by atoms with Crippen LogP contribution in [0.2, 0.25) is 5.02 Å². The van der Waals surface area contributed by atoms with E-state index >= 15 is 0 Å². The van der Waals surface area contributed by atoms with Gasteiger partial charge in [0.1, 0.15) is 5.60 Å². The highest BCUT2D eigenvalue weighted by atomic mass is 35.5. The Morgan fingerprint density at radius 2 is 2.16 bits per heavy atom. The van der Waals surface area contributed by atoms with Crippen molar-refractivity contribution in [2.45, 2.75) is 26.4 Å². The average molecular weight is 281 g/mol. The number of carbonyl (C=O) groups excluding carboxylic acids is 1. The van der Waals surface area contributed by atoms with E-state index < -0.39 is 11.7 Å². The van der Waals surface area contributed by atoms with Gasteiger partial charge in [0.05, 0.1) is 17.3 Å². The lowest BCUT2D eigenvalue weighted by atomic mass is 10.2. The van der Waals surface area contributed by atoms with Gasteiger partial charge < -0.3 is 15.8 Å². The third-order valence-corrected chi connectivity index (χ3v) is 2.29. The van der Waals surface area contributed by atoms with Crippen LogP contribution in [0.25, 0.3) is 0 Å². The minimum absolute atomic E-state index is 0.206. The van der Waals surface area contributed by atoms with Crippen molar-refractivity contribution in [3.63, 3.8) is 0 Å².